The highest BCUT2D eigenvalue weighted by atomic mass is 14.0. The summed E-state index contributed by atoms with van der Waals surface area (Å²) in [6.45, 7) is 4.52. The van der Waals surface area contributed by atoms with Gasteiger partial charge in [-0.25, -0.2) is 0 Å². The molecule has 0 aliphatic rings. The van der Waals surface area contributed by atoms with E-state index in [1.807, 2.05) is 0 Å². The summed E-state index contributed by atoms with van der Waals surface area (Å²) >= 11 is 0. The van der Waals surface area contributed by atoms with Gasteiger partial charge in [0.15, 0.2) is 0 Å². The average molecular weight is 303 g/mol. The highest BCUT2D eigenvalue weighted by Crippen LogP contribution is 2.11. The van der Waals surface area contributed by atoms with E-state index < -0.39 is 0 Å². The Labute approximate surface area is 140 Å². The Hall–Kier alpha value is -0.880. The Morgan fingerprint density at radius 3 is 1.73 bits per heavy atom. The monoisotopic (exact) mass is 302 g/mol. The molecular weight excluding hydrogens is 264 g/mol. The summed E-state index contributed by atoms with van der Waals surface area (Å²) in [6.07, 6.45) is 25.2. The van der Waals surface area contributed by atoms with Crippen molar-refractivity contribution < 1.29 is 0 Å². The zero-order valence-electron chi connectivity index (χ0n) is 15.3. The first-order valence-electron chi connectivity index (χ1n) is 9.79. The van der Waals surface area contributed by atoms with Crippen LogP contribution in [0, 0.1) is 30.1 Å². The van der Waals surface area contributed by atoms with Crippen LogP contribution < -0.4 is 0 Å². The molecule has 0 amide bonds. The summed E-state index contributed by atoms with van der Waals surface area (Å²) in [5.41, 5.74) is 0. The Kier molecular flexibility index (Phi) is 17.4. The first-order chi connectivity index (χ1) is 10.8. The Balaban J connectivity index is 3.47. The summed E-state index contributed by atoms with van der Waals surface area (Å²) in [5, 5.41) is 0. The minimum absolute atomic E-state index is 0.190. The lowest BCUT2D eigenvalue weighted by molar-refractivity contribution is 0.578. The fourth-order valence-electron chi connectivity index (χ4n) is 2.69. The standard InChI is InChI=1S/C22H38/c1-4-7-9-11-12-13-14-15-17-19-21-22(6-3)20-18-16-10-8-5-2/h3,22H,4-5,7-18,20H2,1-2H3. The van der Waals surface area contributed by atoms with Gasteiger partial charge in [0.2, 0.25) is 0 Å². The van der Waals surface area contributed by atoms with Gasteiger partial charge >= 0.3 is 0 Å². The highest BCUT2D eigenvalue weighted by molar-refractivity contribution is 5.14. The van der Waals surface area contributed by atoms with Gasteiger partial charge < -0.3 is 0 Å². The van der Waals surface area contributed by atoms with Gasteiger partial charge in [-0.05, 0) is 12.8 Å². The molecule has 126 valence electrons. The normalized spacial score (nSPS) is 11.5. The lowest BCUT2D eigenvalue weighted by Crippen LogP contribution is -1.93. The van der Waals surface area contributed by atoms with Gasteiger partial charge in [-0.15, -0.1) is 12.3 Å². The zero-order valence-corrected chi connectivity index (χ0v) is 15.3. The van der Waals surface area contributed by atoms with E-state index in [4.69, 9.17) is 6.42 Å². The molecular formula is C22H38. The fourth-order valence-corrected chi connectivity index (χ4v) is 2.69. The van der Waals surface area contributed by atoms with Gasteiger partial charge in [0.25, 0.3) is 0 Å². The molecule has 0 heterocycles. The lowest BCUT2D eigenvalue weighted by atomic mass is 10.0. The van der Waals surface area contributed by atoms with Crippen molar-refractivity contribution in [3.8, 4) is 24.2 Å². The van der Waals surface area contributed by atoms with Crippen molar-refractivity contribution >= 4 is 0 Å². The van der Waals surface area contributed by atoms with Crippen LogP contribution in [0.4, 0.5) is 0 Å². The van der Waals surface area contributed by atoms with Crippen LogP contribution in [0.15, 0.2) is 0 Å². The van der Waals surface area contributed by atoms with Crippen LogP contribution in [0.3, 0.4) is 0 Å². The highest BCUT2D eigenvalue weighted by Gasteiger charge is 1.99. The minimum atomic E-state index is 0.190. The molecule has 0 rings (SSSR count). The van der Waals surface area contributed by atoms with Gasteiger partial charge in [-0.3, -0.25) is 0 Å². The summed E-state index contributed by atoms with van der Waals surface area (Å²) < 4.78 is 0. The predicted octanol–water partition coefficient (Wildman–Crippen LogP) is 7.13. The first kappa shape index (κ1) is 21.1. The second-order valence-corrected chi connectivity index (χ2v) is 6.47. The molecule has 1 unspecified atom stereocenters. The summed E-state index contributed by atoms with van der Waals surface area (Å²) in [4.78, 5) is 0. The third-order valence-corrected chi connectivity index (χ3v) is 4.23. The second kappa shape index (κ2) is 18.2. The van der Waals surface area contributed by atoms with Crippen LogP contribution in [0.2, 0.25) is 0 Å². The van der Waals surface area contributed by atoms with E-state index in [1.54, 1.807) is 0 Å². The van der Waals surface area contributed by atoms with Crippen molar-refractivity contribution in [3.05, 3.63) is 0 Å². The fraction of sp³-hybridized carbons (Fsp3) is 0.818. The van der Waals surface area contributed by atoms with Crippen LogP contribution in [0.25, 0.3) is 0 Å². The van der Waals surface area contributed by atoms with Crippen LogP contribution >= 0.6 is 0 Å². The topological polar surface area (TPSA) is 0 Å². The van der Waals surface area contributed by atoms with Crippen LogP contribution in [0.1, 0.15) is 110 Å². The third kappa shape index (κ3) is 15.5. The van der Waals surface area contributed by atoms with Crippen molar-refractivity contribution in [2.24, 2.45) is 5.92 Å². The number of terminal acetylenes is 1. The van der Waals surface area contributed by atoms with E-state index in [1.165, 1.54) is 83.5 Å². The summed E-state index contributed by atoms with van der Waals surface area (Å²) in [7, 11) is 0. The quantitative estimate of drug-likeness (QED) is 0.236. The molecule has 0 N–H and O–H groups in total. The average Bonchev–Trinajstić information content (AvgIpc) is 2.54. The minimum Gasteiger partial charge on any atom is -0.119 e. The molecule has 0 aromatic rings. The number of unbranched alkanes of at least 4 members (excludes halogenated alkanes) is 12. The van der Waals surface area contributed by atoms with E-state index in [0.717, 1.165) is 12.8 Å². The third-order valence-electron chi connectivity index (χ3n) is 4.23. The van der Waals surface area contributed by atoms with Crippen molar-refractivity contribution in [2.45, 2.75) is 110 Å². The molecule has 0 aliphatic carbocycles. The van der Waals surface area contributed by atoms with Gasteiger partial charge in [0.1, 0.15) is 0 Å². The van der Waals surface area contributed by atoms with E-state index in [9.17, 15) is 0 Å². The van der Waals surface area contributed by atoms with E-state index >= 15 is 0 Å². The first-order valence-corrected chi connectivity index (χ1v) is 9.79. The van der Waals surface area contributed by atoms with Gasteiger partial charge in [-0.1, -0.05) is 103 Å². The molecule has 0 aromatic heterocycles. The predicted molar refractivity (Wildman–Crippen MR) is 101 cm³/mol. The molecule has 0 aromatic carbocycles. The summed E-state index contributed by atoms with van der Waals surface area (Å²) in [5.74, 6) is 9.64. The van der Waals surface area contributed by atoms with Gasteiger partial charge in [0, 0.05) is 6.42 Å². The van der Waals surface area contributed by atoms with Gasteiger partial charge in [0.05, 0.1) is 5.92 Å². The molecule has 0 spiro atoms. The van der Waals surface area contributed by atoms with E-state index in [-0.39, 0.29) is 5.92 Å². The maximum absolute atomic E-state index is 5.58. The molecule has 0 aliphatic heterocycles. The Morgan fingerprint density at radius 2 is 1.18 bits per heavy atom. The molecule has 0 heteroatoms. The molecule has 0 saturated carbocycles. The second-order valence-electron chi connectivity index (χ2n) is 6.47. The van der Waals surface area contributed by atoms with Crippen LogP contribution in [0.5, 0.6) is 0 Å². The van der Waals surface area contributed by atoms with Gasteiger partial charge in [-0.2, -0.15) is 0 Å². The van der Waals surface area contributed by atoms with Crippen molar-refractivity contribution in [3.63, 3.8) is 0 Å². The maximum Gasteiger partial charge on any atom is 0.0808 e. The molecule has 0 radical (unpaired) electrons. The van der Waals surface area contributed by atoms with E-state index in [0.29, 0.717) is 0 Å². The molecule has 0 fully saturated rings. The smallest absolute Gasteiger partial charge is 0.0808 e. The SMILES string of the molecule is C#CC(C#CCCCCCCCCCC)CCCCCCC. The van der Waals surface area contributed by atoms with Crippen LogP contribution in [-0.4, -0.2) is 0 Å². The zero-order chi connectivity index (χ0) is 16.3. The molecule has 0 saturated heterocycles. The van der Waals surface area contributed by atoms with Crippen LogP contribution in [-0.2, 0) is 0 Å². The number of hydrogen-bond donors (Lipinski definition) is 0. The van der Waals surface area contributed by atoms with E-state index in [2.05, 4.69) is 31.6 Å². The Morgan fingerprint density at radius 1 is 0.682 bits per heavy atom. The largest absolute Gasteiger partial charge is 0.119 e. The molecule has 0 bridgehead atoms. The van der Waals surface area contributed by atoms with Crippen molar-refractivity contribution in [2.75, 3.05) is 0 Å². The number of rotatable bonds is 14. The maximum atomic E-state index is 5.58. The van der Waals surface area contributed by atoms with Crippen molar-refractivity contribution in [1.29, 1.82) is 0 Å². The molecule has 1 atom stereocenters. The summed E-state index contributed by atoms with van der Waals surface area (Å²) in [6, 6.07) is 0. The molecule has 22 heavy (non-hydrogen) atoms. The van der Waals surface area contributed by atoms with Crippen molar-refractivity contribution in [1.82, 2.24) is 0 Å². The Bertz CT molecular complexity index is 309. The number of hydrogen-bond acceptors (Lipinski definition) is 0. The lowest BCUT2D eigenvalue weighted by Gasteiger charge is -2.03. The molecule has 0 nitrogen and oxygen atoms in total.